The highest BCUT2D eigenvalue weighted by molar-refractivity contribution is 14.0. The van der Waals surface area contributed by atoms with Gasteiger partial charge in [0, 0.05) is 31.6 Å². The van der Waals surface area contributed by atoms with Crippen LogP contribution in [0.4, 0.5) is 0 Å². The number of guanidine groups is 1. The quantitative estimate of drug-likeness (QED) is 0.276. The Kier molecular flexibility index (Phi) is 10.4. The number of carbonyl (C=O) groups is 1. The van der Waals surface area contributed by atoms with Crippen molar-refractivity contribution in [1.82, 2.24) is 15.5 Å². The molecule has 1 fully saturated rings. The molecular formula is C19H31IN4O2. The molecule has 0 saturated carbocycles. The summed E-state index contributed by atoms with van der Waals surface area (Å²) in [5, 5.41) is 6.68. The van der Waals surface area contributed by atoms with Gasteiger partial charge in [0.1, 0.15) is 12.4 Å². The first-order valence-corrected chi connectivity index (χ1v) is 9.11. The zero-order chi connectivity index (χ0) is 18.1. The lowest BCUT2D eigenvalue weighted by Gasteiger charge is -2.20. The van der Waals surface area contributed by atoms with Crippen LogP contribution in [0, 0.1) is 5.92 Å². The van der Waals surface area contributed by atoms with Gasteiger partial charge in [0.15, 0.2) is 5.96 Å². The number of carbonyl (C=O) groups excluding carboxylic acids is 1. The number of ether oxygens (including phenoxy) is 1. The summed E-state index contributed by atoms with van der Waals surface area (Å²) < 4.78 is 5.66. The van der Waals surface area contributed by atoms with Crippen molar-refractivity contribution in [2.75, 3.05) is 32.8 Å². The Balaban J connectivity index is 0.00000338. The average molecular weight is 474 g/mol. The molecule has 26 heavy (non-hydrogen) atoms. The maximum absolute atomic E-state index is 12.1. The number of aliphatic imine (C=N–C) groups is 1. The Bertz CT molecular complexity index is 566. The first-order chi connectivity index (χ1) is 12.1. The van der Waals surface area contributed by atoms with Crippen LogP contribution in [0.5, 0.6) is 5.75 Å². The molecule has 0 aliphatic carbocycles. The number of para-hydroxylation sites is 1. The summed E-state index contributed by atoms with van der Waals surface area (Å²) in [6, 6.07) is 9.99. The molecule has 1 unspecified atom stereocenters. The Morgan fingerprint density at radius 2 is 2.08 bits per heavy atom. The zero-order valence-corrected chi connectivity index (χ0v) is 18.2. The van der Waals surface area contributed by atoms with Crippen molar-refractivity contribution in [3.05, 3.63) is 30.3 Å². The van der Waals surface area contributed by atoms with E-state index in [9.17, 15) is 4.79 Å². The van der Waals surface area contributed by atoms with Gasteiger partial charge in [0.05, 0.1) is 6.54 Å². The van der Waals surface area contributed by atoms with E-state index in [0.717, 1.165) is 37.8 Å². The molecule has 146 valence electrons. The fourth-order valence-electron chi connectivity index (χ4n) is 2.79. The van der Waals surface area contributed by atoms with Gasteiger partial charge in [-0.15, -0.1) is 24.0 Å². The predicted octanol–water partition coefficient (Wildman–Crippen LogP) is 2.50. The van der Waals surface area contributed by atoms with E-state index < -0.39 is 0 Å². The summed E-state index contributed by atoms with van der Waals surface area (Å²) in [4.78, 5) is 18.6. The van der Waals surface area contributed by atoms with E-state index in [1.54, 1.807) is 0 Å². The standard InChI is InChI=1S/C19H30N4O2.HI/c1-4-20-19(21-11-13-25-17-8-6-5-7-9-17)22-16-10-12-23(14-16)18(24)15(2)3;/h5-9,15-16H,4,10-14H2,1-3H3,(H2,20,21,22);1H. The molecule has 1 aliphatic rings. The van der Waals surface area contributed by atoms with Crippen LogP contribution in [0.1, 0.15) is 27.2 Å². The number of rotatable bonds is 7. The van der Waals surface area contributed by atoms with Gasteiger partial charge in [-0.05, 0) is 25.5 Å². The molecule has 1 atom stereocenters. The molecule has 1 amide bonds. The summed E-state index contributed by atoms with van der Waals surface area (Å²) in [7, 11) is 0. The molecule has 1 aliphatic heterocycles. The van der Waals surface area contributed by atoms with Gasteiger partial charge in [-0.3, -0.25) is 4.79 Å². The molecule has 2 rings (SSSR count). The van der Waals surface area contributed by atoms with Crippen LogP contribution < -0.4 is 15.4 Å². The second-order valence-electron chi connectivity index (χ2n) is 6.49. The Morgan fingerprint density at radius 1 is 1.35 bits per heavy atom. The van der Waals surface area contributed by atoms with Crippen LogP contribution in [-0.4, -0.2) is 55.6 Å². The first kappa shape index (κ1) is 22.5. The summed E-state index contributed by atoms with van der Waals surface area (Å²) in [5.74, 6) is 1.91. The molecule has 6 nitrogen and oxygen atoms in total. The molecule has 1 saturated heterocycles. The maximum atomic E-state index is 12.1. The third-order valence-corrected chi connectivity index (χ3v) is 4.05. The van der Waals surface area contributed by atoms with Crippen LogP contribution in [-0.2, 0) is 4.79 Å². The molecule has 1 aromatic carbocycles. The van der Waals surface area contributed by atoms with E-state index in [0.29, 0.717) is 13.2 Å². The molecule has 1 aromatic rings. The van der Waals surface area contributed by atoms with E-state index in [1.807, 2.05) is 56.0 Å². The van der Waals surface area contributed by atoms with Gasteiger partial charge in [-0.1, -0.05) is 32.0 Å². The molecule has 1 heterocycles. The predicted molar refractivity (Wildman–Crippen MR) is 116 cm³/mol. The van der Waals surface area contributed by atoms with E-state index in [-0.39, 0.29) is 41.8 Å². The molecular weight excluding hydrogens is 443 g/mol. The minimum absolute atomic E-state index is 0. The fourth-order valence-corrected chi connectivity index (χ4v) is 2.79. The summed E-state index contributed by atoms with van der Waals surface area (Å²) in [6.45, 7) is 9.39. The van der Waals surface area contributed by atoms with Crippen molar-refractivity contribution >= 4 is 35.8 Å². The van der Waals surface area contributed by atoms with Crippen molar-refractivity contribution in [3.63, 3.8) is 0 Å². The van der Waals surface area contributed by atoms with E-state index in [1.165, 1.54) is 0 Å². The topological polar surface area (TPSA) is 66.0 Å². The Labute approximate surface area is 173 Å². The van der Waals surface area contributed by atoms with Crippen molar-refractivity contribution in [2.24, 2.45) is 10.9 Å². The van der Waals surface area contributed by atoms with Gasteiger partial charge in [-0.2, -0.15) is 0 Å². The molecule has 7 heteroatoms. The second kappa shape index (κ2) is 12.0. The number of benzene rings is 1. The Hall–Kier alpha value is -1.51. The minimum atomic E-state index is 0. The summed E-state index contributed by atoms with van der Waals surface area (Å²) in [6.07, 6.45) is 0.948. The number of amides is 1. The zero-order valence-electron chi connectivity index (χ0n) is 15.9. The molecule has 0 aromatic heterocycles. The average Bonchev–Trinajstić information content (AvgIpc) is 3.07. The maximum Gasteiger partial charge on any atom is 0.225 e. The lowest BCUT2D eigenvalue weighted by molar-refractivity contribution is -0.133. The monoisotopic (exact) mass is 474 g/mol. The largest absolute Gasteiger partial charge is 0.492 e. The second-order valence-corrected chi connectivity index (χ2v) is 6.49. The first-order valence-electron chi connectivity index (χ1n) is 9.11. The Morgan fingerprint density at radius 3 is 2.73 bits per heavy atom. The van der Waals surface area contributed by atoms with Gasteiger partial charge in [-0.25, -0.2) is 4.99 Å². The van der Waals surface area contributed by atoms with E-state index >= 15 is 0 Å². The number of halogens is 1. The third kappa shape index (κ3) is 7.39. The van der Waals surface area contributed by atoms with Crippen LogP contribution in [0.2, 0.25) is 0 Å². The van der Waals surface area contributed by atoms with Crippen molar-refractivity contribution in [2.45, 2.75) is 33.2 Å². The van der Waals surface area contributed by atoms with E-state index in [4.69, 9.17) is 4.74 Å². The number of hydrogen-bond donors (Lipinski definition) is 2. The fraction of sp³-hybridized carbons (Fsp3) is 0.579. The molecule has 2 N–H and O–H groups in total. The van der Waals surface area contributed by atoms with Crippen LogP contribution in [0.3, 0.4) is 0 Å². The number of hydrogen-bond acceptors (Lipinski definition) is 3. The van der Waals surface area contributed by atoms with Crippen LogP contribution >= 0.6 is 24.0 Å². The summed E-state index contributed by atoms with van der Waals surface area (Å²) >= 11 is 0. The highest BCUT2D eigenvalue weighted by atomic mass is 127. The SMILES string of the molecule is CCNC(=NCCOc1ccccc1)NC1CCN(C(=O)C(C)C)C1.I. The minimum Gasteiger partial charge on any atom is -0.492 e. The van der Waals surface area contributed by atoms with Crippen LogP contribution in [0.25, 0.3) is 0 Å². The summed E-state index contributed by atoms with van der Waals surface area (Å²) in [5.41, 5.74) is 0. The van der Waals surface area contributed by atoms with Crippen LogP contribution in [0.15, 0.2) is 35.3 Å². The smallest absolute Gasteiger partial charge is 0.225 e. The van der Waals surface area contributed by atoms with Gasteiger partial charge in [0.25, 0.3) is 0 Å². The number of nitrogens with zero attached hydrogens (tertiary/aromatic N) is 2. The number of likely N-dealkylation sites (tertiary alicyclic amines) is 1. The lowest BCUT2D eigenvalue weighted by atomic mass is 10.2. The van der Waals surface area contributed by atoms with Gasteiger partial charge < -0.3 is 20.3 Å². The third-order valence-electron chi connectivity index (χ3n) is 4.05. The molecule has 0 bridgehead atoms. The normalized spacial score (nSPS) is 17.0. The van der Waals surface area contributed by atoms with E-state index in [2.05, 4.69) is 15.6 Å². The molecule has 0 spiro atoms. The van der Waals surface area contributed by atoms with Gasteiger partial charge >= 0.3 is 0 Å². The van der Waals surface area contributed by atoms with Crippen molar-refractivity contribution in [1.29, 1.82) is 0 Å². The van der Waals surface area contributed by atoms with Gasteiger partial charge in [0.2, 0.25) is 5.91 Å². The highest BCUT2D eigenvalue weighted by Crippen LogP contribution is 2.12. The highest BCUT2D eigenvalue weighted by Gasteiger charge is 2.27. The number of nitrogens with one attached hydrogen (secondary N) is 2. The lowest BCUT2D eigenvalue weighted by Crippen LogP contribution is -2.45. The molecule has 0 radical (unpaired) electrons. The van der Waals surface area contributed by atoms with Crippen molar-refractivity contribution in [3.8, 4) is 5.75 Å². The van der Waals surface area contributed by atoms with Crippen molar-refractivity contribution < 1.29 is 9.53 Å².